The van der Waals surface area contributed by atoms with Gasteiger partial charge < -0.3 is 18.3 Å². The first-order valence-electron chi connectivity index (χ1n) is 22.1. The molecule has 0 saturated carbocycles. The lowest BCUT2D eigenvalue weighted by atomic mass is 9.77. The summed E-state index contributed by atoms with van der Waals surface area (Å²) in [5.41, 5.74) is -1.16. The predicted octanol–water partition coefficient (Wildman–Crippen LogP) is 9.55. The summed E-state index contributed by atoms with van der Waals surface area (Å²) in [5.74, 6) is 0.656. The summed E-state index contributed by atoms with van der Waals surface area (Å²) in [4.78, 5) is 47.1. The smallest absolute Gasteiger partial charge is 0.340 e. The normalized spacial score (nSPS) is 13.9. The van der Waals surface area contributed by atoms with Crippen LogP contribution in [0, 0.1) is 20.2 Å². The molecule has 68 heavy (non-hydrogen) atoms. The van der Waals surface area contributed by atoms with Crippen LogP contribution in [0.3, 0.4) is 0 Å². The fourth-order valence-electron chi connectivity index (χ4n) is 10.0. The highest BCUT2D eigenvalue weighted by Crippen LogP contribution is 2.58. The third kappa shape index (κ3) is 7.53. The van der Waals surface area contributed by atoms with Crippen LogP contribution in [0.5, 0.6) is 23.0 Å². The van der Waals surface area contributed by atoms with Gasteiger partial charge in [0.2, 0.25) is 0 Å². The average Bonchev–Trinajstić information content (AvgIpc) is 3.61. The van der Waals surface area contributed by atoms with E-state index < -0.39 is 54.7 Å². The van der Waals surface area contributed by atoms with E-state index in [0.717, 1.165) is 20.7 Å². The van der Waals surface area contributed by atoms with Crippen LogP contribution in [0.25, 0.3) is 0 Å². The maximum absolute atomic E-state index is 14.5. The molecule has 0 amide bonds. The van der Waals surface area contributed by atoms with Crippen molar-refractivity contribution in [2.75, 3.05) is 0 Å². The zero-order chi connectivity index (χ0) is 48.1. The molecule has 15 heteroatoms. The van der Waals surface area contributed by atoms with Crippen LogP contribution in [0.2, 0.25) is 10.1 Å². The van der Waals surface area contributed by atoms with Gasteiger partial charge in [-0.05, 0) is 55.1 Å². The molecule has 0 radical (unpaired) electrons. The van der Waals surface area contributed by atoms with Crippen molar-refractivity contribution >= 4 is 43.4 Å². The van der Waals surface area contributed by atoms with Crippen molar-refractivity contribution in [2.24, 2.45) is 0 Å². The van der Waals surface area contributed by atoms with Crippen molar-refractivity contribution in [3.8, 4) is 23.0 Å². The molecule has 13 nitrogen and oxygen atoms in total. The summed E-state index contributed by atoms with van der Waals surface area (Å²) in [6, 6.07) is 56.0. The molecule has 0 bridgehead atoms. The number of hydrogen-bond acceptors (Lipinski definition) is 11. The minimum atomic E-state index is -3.18. The lowest BCUT2D eigenvalue weighted by molar-refractivity contribution is -0.855. The first-order chi connectivity index (χ1) is 32.5. The Hall–Kier alpha value is -7.76. The fraction of sp³-hybridized carbons (Fsp3) is 0.189. The number of fused-ring (bicyclic) bond motifs is 6. The van der Waals surface area contributed by atoms with Gasteiger partial charge in [0, 0.05) is 34.4 Å². The summed E-state index contributed by atoms with van der Waals surface area (Å²) in [7, 11) is -6.35. The Kier molecular flexibility index (Phi) is 11.5. The number of hydrogen-bond donors (Lipinski definition) is 0. The van der Waals surface area contributed by atoms with Crippen LogP contribution in [-0.2, 0) is 20.0 Å². The monoisotopic (exact) mass is 944 g/mol. The van der Waals surface area contributed by atoms with E-state index in [1.54, 1.807) is 30.3 Å². The van der Waals surface area contributed by atoms with Crippen LogP contribution >= 0.6 is 0 Å². The van der Waals surface area contributed by atoms with E-state index in [0.29, 0.717) is 34.1 Å². The second-order valence-corrected chi connectivity index (χ2v) is 27.2. The molecule has 1 spiro atoms. The van der Waals surface area contributed by atoms with Gasteiger partial charge in [-0.25, -0.2) is 4.79 Å². The molecule has 2 heterocycles. The van der Waals surface area contributed by atoms with E-state index in [-0.39, 0.29) is 16.7 Å². The van der Waals surface area contributed by atoms with E-state index in [9.17, 15) is 25.0 Å². The van der Waals surface area contributed by atoms with Crippen molar-refractivity contribution in [3.63, 3.8) is 0 Å². The highest BCUT2D eigenvalue weighted by Gasteiger charge is 2.57. The van der Waals surface area contributed by atoms with Crippen LogP contribution in [0.4, 0.5) is 0 Å². The van der Waals surface area contributed by atoms with Gasteiger partial charge in [-0.1, -0.05) is 181 Å². The topological polar surface area (TPSA) is 159 Å². The minimum Gasteiger partial charge on any atom is -0.534 e. The van der Waals surface area contributed by atoms with Gasteiger partial charge in [-0.15, -0.1) is 20.2 Å². The Morgan fingerprint density at radius 1 is 0.515 bits per heavy atom. The van der Waals surface area contributed by atoms with Crippen molar-refractivity contribution in [3.05, 3.63) is 224 Å². The molecule has 7 aromatic carbocycles. The molecule has 2 aliphatic heterocycles. The second-order valence-electron chi connectivity index (χ2n) is 18.8. The van der Waals surface area contributed by atoms with Gasteiger partial charge in [-0.2, -0.15) is 0 Å². The number of carbonyl (C=O) groups excluding carboxylic acids is 1. The number of benzene rings is 7. The molecule has 2 aliphatic rings. The van der Waals surface area contributed by atoms with Crippen molar-refractivity contribution in [1.29, 1.82) is 0 Å². The second kappa shape index (κ2) is 17.2. The maximum Gasteiger partial charge on any atom is 0.340 e. The highest BCUT2D eigenvalue weighted by molar-refractivity contribution is 7.00. The molecular weight excluding hydrogens is 897 g/mol. The standard InChI is InChI=1S/C53H48N2O11Si2/c1-51(2,3)67(38-20-11-7-12-21-38,39-22-13-8-14-23-39)65-36-30-32-43-46(34-36)61-47-35-37(66-68(52(4,5)6,40-24-15-9-16-25-40)41-26-17-10-18-27-41)31-33-44(47)53(43)45-29-19-28-42(48(45)49(56)62-53)50(63-54(57)58)64-55(59)60/h7-35,50H,1-6H3. The number of rotatable bonds is 13. The van der Waals surface area contributed by atoms with E-state index >= 15 is 0 Å². The lowest BCUT2D eigenvalue weighted by Gasteiger charge is -2.43. The highest BCUT2D eigenvalue weighted by atomic mass is 28.4. The third-order valence-corrected chi connectivity index (χ3v) is 22.7. The van der Waals surface area contributed by atoms with E-state index in [1.807, 2.05) is 84.9 Å². The molecule has 0 saturated heterocycles. The van der Waals surface area contributed by atoms with Gasteiger partial charge in [0.15, 0.2) is 5.60 Å². The Morgan fingerprint density at radius 3 is 1.25 bits per heavy atom. The summed E-state index contributed by atoms with van der Waals surface area (Å²) in [6.45, 7) is 13.1. The Balaban J connectivity index is 1.26. The quantitative estimate of drug-likeness (QED) is 0.0356. The van der Waals surface area contributed by atoms with Crippen LogP contribution in [-0.4, -0.2) is 32.8 Å². The molecule has 7 aromatic rings. The Morgan fingerprint density at radius 2 is 0.897 bits per heavy atom. The van der Waals surface area contributed by atoms with Crippen molar-refractivity contribution < 1.29 is 43.0 Å². The number of ether oxygens (including phenoxy) is 2. The average molecular weight is 945 g/mol. The van der Waals surface area contributed by atoms with Crippen molar-refractivity contribution in [2.45, 2.75) is 63.5 Å². The van der Waals surface area contributed by atoms with Crippen molar-refractivity contribution in [1.82, 2.24) is 0 Å². The summed E-state index contributed by atoms with van der Waals surface area (Å²) < 4.78 is 28.4. The molecule has 344 valence electrons. The maximum atomic E-state index is 14.5. The van der Waals surface area contributed by atoms with E-state index in [2.05, 4.69) is 99.7 Å². The molecule has 0 atom stereocenters. The minimum absolute atomic E-state index is 0.194. The zero-order valence-corrected chi connectivity index (χ0v) is 40.2. The van der Waals surface area contributed by atoms with E-state index in [4.69, 9.17) is 18.3 Å². The van der Waals surface area contributed by atoms with Gasteiger partial charge in [0.25, 0.3) is 16.5 Å². The Bertz CT molecular complexity index is 2790. The molecule has 0 aromatic heterocycles. The summed E-state index contributed by atoms with van der Waals surface area (Å²) >= 11 is 0. The fourth-order valence-corrected chi connectivity index (χ4v) is 18.8. The Labute approximate surface area is 395 Å². The van der Waals surface area contributed by atoms with Crippen LogP contribution in [0.15, 0.2) is 176 Å². The first-order valence-corrected chi connectivity index (χ1v) is 25.9. The van der Waals surface area contributed by atoms with Gasteiger partial charge in [0.05, 0.1) is 5.56 Å². The molecule has 0 unspecified atom stereocenters. The van der Waals surface area contributed by atoms with Gasteiger partial charge in [-0.3, -0.25) is 9.68 Å². The molecule has 9 rings (SSSR count). The third-order valence-electron chi connectivity index (χ3n) is 12.8. The zero-order valence-electron chi connectivity index (χ0n) is 38.2. The summed E-state index contributed by atoms with van der Waals surface area (Å²) in [5, 5.41) is 24.3. The van der Waals surface area contributed by atoms with Gasteiger partial charge >= 0.3 is 22.6 Å². The predicted molar refractivity (Wildman–Crippen MR) is 260 cm³/mol. The lowest BCUT2D eigenvalue weighted by Crippen LogP contribution is -2.68. The first kappa shape index (κ1) is 45.4. The van der Waals surface area contributed by atoms with Gasteiger partial charge in [0.1, 0.15) is 23.0 Å². The van der Waals surface area contributed by atoms with E-state index in [1.165, 1.54) is 12.1 Å². The largest absolute Gasteiger partial charge is 0.534 e. The number of carbonyl (C=O) groups is 1. The van der Waals surface area contributed by atoms with Crippen LogP contribution < -0.4 is 34.3 Å². The SMILES string of the molecule is CC(C)(C)[Si](Oc1ccc2c(c1)Oc1cc(O[Si](c3ccccc3)(c3ccccc3)C(C)(C)C)ccc1C21OC(=O)c2c(C(O[N+](=O)[O-])O[N+](=O)[O-])cccc21)(c1ccccc1)c1ccccc1. The number of nitrogens with zero attached hydrogens (tertiary/aromatic N) is 2. The summed E-state index contributed by atoms with van der Waals surface area (Å²) in [6.07, 6.45) is -2.21. The molecule has 0 fully saturated rings. The molecule has 0 N–H and O–H groups in total. The molecule has 0 aliphatic carbocycles. The molecular formula is C53H48N2O11Si2. The number of esters is 1. The van der Waals surface area contributed by atoms with Crippen LogP contribution in [0.1, 0.15) is 80.4 Å².